The molecular formula is C13H11N3O3. The summed E-state index contributed by atoms with van der Waals surface area (Å²) in [6.07, 6.45) is 1.54. The molecular weight excluding hydrogens is 246 g/mol. The van der Waals surface area contributed by atoms with Crippen LogP contribution < -0.4 is 5.32 Å². The Bertz CT molecular complexity index is 629. The highest BCUT2D eigenvalue weighted by Gasteiger charge is 2.17. The van der Waals surface area contributed by atoms with Crippen molar-refractivity contribution < 1.29 is 9.34 Å². The molecule has 19 heavy (non-hydrogen) atoms. The predicted octanol–water partition coefficient (Wildman–Crippen LogP) is 3.23. The first kappa shape index (κ1) is 12.6. The number of nitro groups is 1. The van der Waals surface area contributed by atoms with Gasteiger partial charge in [-0.25, -0.2) is 0 Å². The van der Waals surface area contributed by atoms with Crippen molar-refractivity contribution in [2.24, 2.45) is 0 Å². The maximum atomic E-state index is 11.0. The van der Waals surface area contributed by atoms with Gasteiger partial charge in [0.1, 0.15) is 11.4 Å². The van der Waals surface area contributed by atoms with Crippen LogP contribution in [-0.2, 0) is 0 Å². The van der Waals surface area contributed by atoms with E-state index < -0.39 is 4.92 Å². The van der Waals surface area contributed by atoms with Crippen molar-refractivity contribution in [2.45, 2.75) is 13.0 Å². The van der Waals surface area contributed by atoms with Crippen LogP contribution >= 0.6 is 0 Å². The second-order valence-electron chi connectivity index (χ2n) is 3.98. The molecule has 0 bridgehead atoms. The third kappa shape index (κ3) is 2.72. The second-order valence-corrected chi connectivity index (χ2v) is 3.98. The molecule has 1 atom stereocenters. The minimum Gasteiger partial charge on any atom is -0.467 e. The van der Waals surface area contributed by atoms with Gasteiger partial charge in [0.2, 0.25) is 0 Å². The first-order chi connectivity index (χ1) is 9.11. The third-order valence-corrected chi connectivity index (χ3v) is 2.67. The highest BCUT2D eigenvalue weighted by atomic mass is 16.6. The molecule has 0 aliphatic heterocycles. The third-order valence-electron chi connectivity index (χ3n) is 2.67. The molecule has 0 fully saturated rings. The summed E-state index contributed by atoms with van der Waals surface area (Å²) in [4.78, 5) is 10.5. The minimum absolute atomic E-state index is 0.127. The number of anilines is 1. The van der Waals surface area contributed by atoms with Crippen molar-refractivity contribution in [1.29, 1.82) is 5.26 Å². The summed E-state index contributed by atoms with van der Waals surface area (Å²) in [5.41, 5.74) is 0.480. The standard InChI is InChI=1S/C13H11N3O3/c1-9(13-3-2-6-19-13)15-11-5-4-10(8-14)7-12(11)16(17)18/h2-7,9,15H,1H3. The summed E-state index contributed by atoms with van der Waals surface area (Å²) in [5, 5.41) is 22.8. The van der Waals surface area contributed by atoms with Crippen LogP contribution in [0.3, 0.4) is 0 Å². The number of hydrogen-bond acceptors (Lipinski definition) is 5. The molecule has 6 heteroatoms. The van der Waals surface area contributed by atoms with E-state index in [0.29, 0.717) is 11.4 Å². The van der Waals surface area contributed by atoms with Crippen LogP contribution in [0.2, 0.25) is 0 Å². The van der Waals surface area contributed by atoms with Crippen LogP contribution in [0.25, 0.3) is 0 Å². The van der Waals surface area contributed by atoms with E-state index in [2.05, 4.69) is 5.32 Å². The van der Waals surface area contributed by atoms with Crippen molar-refractivity contribution in [2.75, 3.05) is 5.32 Å². The normalized spacial score (nSPS) is 11.6. The van der Waals surface area contributed by atoms with Crippen molar-refractivity contribution in [3.05, 3.63) is 58.0 Å². The first-order valence-electron chi connectivity index (χ1n) is 5.60. The Morgan fingerprint density at radius 3 is 2.84 bits per heavy atom. The van der Waals surface area contributed by atoms with Gasteiger partial charge < -0.3 is 9.73 Å². The van der Waals surface area contributed by atoms with E-state index in [1.165, 1.54) is 18.2 Å². The van der Waals surface area contributed by atoms with Gasteiger partial charge in [0.25, 0.3) is 5.69 Å². The summed E-state index contributed by atoms with van der Waals surface area (Å²) in [6.45, 7) is 1.83. The fourth-order valence-corrected chi connectivity index (χ4v) is 1.72. The Morgan fingerprint density at radius 1 is 1.47 bits per heavy atom. The molecule has 96 valence electrons. The molecule has 0 spiro atoms. The molecule has 0 aliphatic carbocycles. The zero-order chi connectivity index (χ0) is 13.8. The number of benzene rings is 1. The molecule has 0 saturated carbocycles. The van der Waals surface area contributed by atoms with E-state index >= 15 is 0 Å². The van der Waals surface area contributed by atoms with Crippen LogP contribution in [-0.4, -0.2) is 4.92 Å². The smallest absolute Gasteiger partial charge is 0.293 e. The van der Waals surface area contributed by atoms with E-state index in [4.69, 9.17) is 9.68 Å². The molecule has 2 rings (SSSR count). The average Bonchev–Trinajstić information content (AvgIpc) is 2.92. The molecule has 1 unspecified atom stereocenters. The lowest BCUT2D eigenvalue weighted by Gasteiger charge is -2.13. The molecule has 1 aromatic heterocycles. The number of nitro benzene ring substituents is 1. The van der Waals surface area contributed by atoms with Gasteiger partial charge >= 0.3 is 0 Å². The van der Waals surface area contributed by atoms with Gasteiger partial charge in [-0.05, 0) is 31.2 Å². The summed E-state index contributed by atoms with van der Waals surface area (Å²) in [7, 11) is 0. The first-order valence-corrected chi connectivity index (χ1v) is 5.60. The van der Waals surface area contributed by atoms with E-state index in [1.807, 2.05) is 13.0 Å². The Hall–Kier alpha value is -2.81. The number of hydrogen-bond donors (Lipinski definition) is 1. The average molecular weight is 257 g/mol. The maximum absolute atomic E-state index is 11.0. The van der Waals surface area contributed by atoms with Gasteiger partial charge in [-0.1, -0.05) is 0 Å². The lowest BCUT2D eigenvalue weighted by Crippen LogP contribution is -2.07. The number of furan rings is 1. The Balaban J connectivity index is 2.30. The van der Waals surface area contributed by atoms with E-state index in [0.717, 1.165) is 0 Å². The van der Waals surface area contributed by atoms with E-state index in [9.17, 15) is 10.1 Å². The molecule has 0 amide bonds. The summed E-state index contributed by atoms with van der Waals surface area (Å²) in [6, 6.07) is 9.51. The van der Waals surface area contributed by atoms with Crippen molar-refractivity contribution >= 4 is 11.4 Å². The monoisotopic (exact) mass is 257 g/mol. The number of nitrogens with zero attached hydrogens (tertiary/aromatic N) is 2. The lowest BCUT2D eigenvalue weighted by molar-refractivity contribution is -0.384. The highest BCUT2D eigenvalue weighted by Crippen LogP contribution is 2.29. The maximum Gasteiger partial charge on any atom is 0.293 e. The summed E-state index contributed by atoms with van der Waals surface area (Å²) < 4.78 is 5.23. The zero-order valence-corrected chi connectivity index (χ0v) is 10.2. The van der Waals surface area contributed by atoms with Crippen LogP contribution in [0.4, 0.5) is 11.4 Å². The van der Waals surface area contributed by atoms with Gasteiger partial charge in [-0.15, -0.1) is 0 Å². The SMILES string of the molecule is CC(Nc1ccc(C#N)cc1[N+](=O)[O-])c1ccco1. The fraction of sp³-hybridized carbons (Fsp3) is 0.154. The van der Waals surface area contributed by atoms with E-state index in [-0.39, 0.29) is 17.3 Å². The van der Waals surface area contributed by atoms with Crippen LogP contribution in [0.5, 0.6) is 0 Å². The molecule has 6 nitrogen and oxygen atoms in total. The van der Waals surface area contributed by atoms with Crippen molar-refractivity contribution in [1.82, 2.24) is 0 Å². The molecule has 1 heterocycles. The Kier molecular flexibility index (Phi) is 3.48. The van der Waals surface area contributed by atoms with Crippen LogP contribution in [0.1, 0.15) is 24.3 Å². The zero-order valence-electron chi connectivity index (χ0n) is 10.2. The number of nitrogens with one attached hydrogen (secondary N) is 1. The summed E-state index contributed by atoms with van der Waals surface area (Å²) in [5.74, 6) is 0.679. The predicted molar refractivity (Wildman–Crippen MR) is 68.6 cm³/mol. The molecule has 0 radical (unpaired) electrons. The van der Waals surface area contributed by atoms with Crippen LogP contribution in [0, 0.1) is 21.4 Å². The van der Waals surface area contributed by atoms with Gasteiger partial charge in [-0.3, -0.25) is 10.1 Å². The molecule has 0 saturated heterocycles. The Morgan fingerprint density at radius 2 is 2.26 bits per heavy atom. The molecule has 1 N–H and O–H groups in total. The van der Waals surface area contributed by atoms with Gasteiger partial charge in [0, 0.05) is 6.07 Å². The quantitative estimate of drug-likeness (QED) is 0.670. The van der Waals surface area contributed by atoms with Crippen molar-refractivity contribution in [3.63, 3.8) is 0 Å². The molecule has 0 aliphatic rings. The number of nitriles is 1. The number of rotatable bonds is 4. The lowest BCUT2D eigenvalue weighted by atomic mass is 10.1. The van der Waals surface area contributed by atoms with Crippen molar-refractivity contribution in [3.8, 4) is 6.07 Å². The van der Waals surface area contributed by atoms with Gasteiger partial charge in [-0.2, -0.15) is 5.26 Å². The van der Waals surface area contributed by atoms with Gasteiger partial charge in [0.05, 0.1) is 28.9 Å². The molecule has 2 aromatic rings. The highest BCUT2D eigenvalue weighted by molar-refractivity contribution is 5.64. The second kappa shape index (κ2) is 5.23. The summed E-state index contributed by atoms with van der Waals surface area (Å²) >= 11 is 0. The largest absolute Gasteiger partial charge is 0.467 e. The topological polar surface area (TPSA) is 92.1 Å². The minimum atomic E-state index is -0.516. The fourth-order valence-electron chi connectivity index (χ4n) is 1.72. The Labute approximate surface area is 109 Å². The molecule has 1 aromatic carbocycles. The van der Waals surface area contributed by atoms with E-state index in [1.54, 1.807) is 18.4 Å². The van der Waals surface area contributed by atoms with Gasteiger partial charge in [0.15, 0.2) is 0 Å². The van der Waals surface area contributed by atoms with Crippen LogP contribution in [0.15, 0.2) is 41.0 Å².